The van der Waals surface area contributed by atoms with Crippen molar-refractivity contribution in [1.82, 2.24) is 9.55 Å². The van der Waals surface area contributed by atoms with Crippen molar-refractivity contribution in [2.24, 2.45) is 5.41 Å². The molecule has 1 N–H and O–H groups in total. The molecule has 1 aliphatic rings. The molecule has 1 atom stereocenters. The maximum Gasteiger partial charge on any atom is 0.130 e. The summed E-state index contributed by atoms with van der Waals surface area (Å²) < 4.78 is 15.9. The van der Waals surface area contributed by atoms with Crippen molar-refractivity contribution in [3.05, 3.63) is 59.9 Å². The molecule has 1 heterocycles. The monoisotopic (exact) mass is 314 g/mol. The maximum atomic E-state index is 14.0. The van der Waals surface area contributed by atoms with E-state index in [4.69, 9.17) is 0 Å². The molecule has 1 unspecified atom stereocenters. The van der Waals surface area contributed by atoms with Crippen LogP contribution in [0.5, 0.6) is 0 Å². The molecular weight excluding hydrogens is 291 g/mol. The molecule has 23 heavy (non-hydrogen) atoms. The van der Waals surface area contributed by atoms with E-state index in [-0.39, 0.29) is 11.2 Å². The topological polar surface area (TPSA) is 38.0 Å². The molecule has 1 aromatic carbocycles. The predicted molar refractivity (Wildman–Crippen MR) is 89.2 cm³/mol. The van der Waals surface area contributed by atoms with Crippen LogP contribution < -0.4 is 0 Å². The van der Waals surface area contributed by atoms with Gasteiger partial charge in [-0.15, -0.1) is 0 Å². The molecule has 0 saturated heterocycles. The van der Waals surface area contributed by atoms with Gasteiger partial charge in [0.15, 0.2) is 0 Å². The van der Waals surface area contributed by atoms with Gasteiger partial charge in [0.1, 0.15) is 11.4 Å². The van der Waals surface area contributed by atoms with E-state index < -0.39 is 5.60 Å². The molecule has 1 fully saturated rings. The van der Waals surface area contributed by atoms with Gasteiger partial charge in [0, 0.05) is 18.0 Å². The zero-order chi connectivity index (χ0) is 16.5. The fraction of sp³-hybridized carbons (Fsp3) is 0.421. The van der Waals surface area contributed by atoms with Crippen LogP contribution in [0.15, 0.2) is 48.6 Å². The minimum atomic E-state index is -1.02. The zero-order valence-corrected chi connectivity index (χ0v) is 13.7. The minimum Gasteiger partial charge on any atom is -0.383 e. The number of benzene rings is 1. The van der Waals surface area contributed by atoms with E-state index in [0.29, 0.717) is 12.1 Å². The van der Waals surface area contributed by atoms with Crippen LogP contribution in [-0.2, 0) is 6.54 Å². The Bertz CT molecular complexity index is 706. The Morgan fingerprint density at radius 1 is 1.35 bits per heavy atom. The van der Waals surface area contributed by atoms with Gasteiger partial charge in [-0.2, -0.15) is 0 Å². The number of halogens is 1. The summed E-state index contributed by atoms with van der Waals surface area (Å²) in [5, 5.41) is 11.5. The summed E-state index contributed by atoms with van der Waals surface area (Å²) in [6.07, 6.45) is 9.81. The summed E-state index contributed by atoms with van der Waals surface area (Å²) >= 11 is 0. The standard InChI is InChI=1S/C19H23FN2O/c1-18(2)9-5-7-16(12-15-6-3-4-8-17(15)20)19(18,23)13-22-11-10-21-14-22/h3-4,6,8,10-12,14,23H,5,7,9,13H2,1-2H3/b16-12+. The summed E-state index contributed by atoms with van der Waals surface area (Å²) in [5.41, 5.74) is 0.123. The third-order valence-electron chi connectivity index (χ3n) is 5.10. The van der Waals surface area contributed by atoms with Crippen LogP contribution in [-0.4, -0.2) is 20.3 Å². The van der Waals surface area contributed by atoms with Gasteiger partial charge in [-0.1, -0.05) is 32.0 Å². The maximum absolute atomic E-state index is 14.0. The minimum absolute atomic E-state index is 0.256. The number of hydrogen-bond acceptors (Lipinski definition) is 2. The Hall–Kier alpha value is -1.94. The van der Waals surface area contributed by atoms with Crippen LogP contribution in [0.4, 0.5) is 4.39 Å². The number of nitrogens with zero attached hydrogens (tertiary/aromatic N) is 2. The van der Waals surface area contributed by atoms with E-state index in [1.165, 1.54) is 6.07 Å². The molecule has 0 radical (unpaired) electrons. The predicted octanol–water partition coefficient (Wildman–Crippen LogP) is 4.05. The van der Waals surface area contributed by atoms with Crippen molar-refractivity contribution in [1.29, 1.82) is 0 Å². The lowest BCUT2D eigenvalue weighted by Gasteiger charge is -2.48. The fourth-order valence-corrected chi connectivity index (χ4v) is 3.50. The first kappa shape index (κ1) is 15.9. The molecule has 1 saturated carbocycles. The van der Waals surface area contributed by atoms with Crippen LogP contribution in [0.3, 0.4) is 0 Å². The van der Waals surface area contributed by atoms with E-state index in [0.717, 1.165) is 24.8 Å². The highest BCUT2D eigenvalue weighted by atomic mass is 19.1. The smallest absolute Gasteiger partial charge is 0.130 e. The SMILES string of the molecule is CC1(C)CCC/C(=C\c2ccccc2F)C1(O)Cn1ccnc1. The van der Waals surface area contributed by atoms with Gasteiger partial charge in [0.2, 0.25) is 0 Å². The fourth-order valence-electron chi connectivity index (χ4n) is 3.50. The van der Waals surface area contributed by atoms with Crippen LogP contribution >= 0.6 is 0 Å². The largest absolute Gasteiger partial charge is 0.383 e. The summed E-state index contributed by atoms with van der Waals surface area (Å²) in [5.74, 6) is -0.256. The lowest BCUT2D eigenvalue weighted by atomic mass is 9.62. The Balaban J connectivity index is 2.04. The molecule has 1 aliphatic carbocycles. The average molecular weight is 314 g/mol. The van der Waals surface area contributed by atoms with Crippen molar-refractivity contribution in [3.8, 4) is 0 Å². The number of hydrogen-bond donors (Lipinski definition) is 1. The van der Waals surface area contributed by atoms with E-state index in [1.807, 2.05) is 22.9 Å². The third kappa shape index (κ3) is 2.95. The number of aromatic nitrogens is 2. The van der Waals surface area contributed by atoms with Crippen LogP contribution in [0, 0.1) is 11.2 Å². The zero-order valence-electron chi connectivity index (χ0n) is 13.7. The number of imidazole rings is 1. The molecule has 3 rings (SSSR count). The van der Waals surface area contributed by atoms with Crippen LogP contribution in [0.25, 0.3) is 6.08 Å². The van der Waals surface area contributed by atoms with Crippen molar-refractivity contribution < 1.29 is 9.50 Å². The highest BCUT2D eigenvalue weighted by molar-refractivity contribution is 5.56. The second-order valence-corrected chi connectivity index (χ2v) is 7.02. The van der Waals surface area contributed by atoms with Crippen molar-refractivity contribution in [2.45, 2.75) is 45.3 Å². The molecule has 0 amide bonds. The normalized spacial score (nSPS) is 25.7. The highest BCUT2D eigenvalue weighted by Gasteiger charge is 2.48. The molecule has 0 spiro atoms. The first-order chi connectivity index (χ1) is 10.9. The molecule has 0 bridgehead atoms. The molecule has 0 aliphatic heterocycles. The van der Waals surface area contributed by atoms with Gasteiger partial charge in [-0.25, -0.2) is 9.37 Å². The van der Waals surface area contributed by atoms with Gasteiger partial charge < -0.3 is 9.67 Å². The molecule has 4 heteroatoms. The first-order valence-electron chi connectivity index (χ1n) is 8.06. The van der Waals surface area contributed by atoms with E-state index in [2.05, 4.69) is 18.8 Å². The Kier molecular flexibility index (Phi) is 4.11. The summed E-state index contributed by atoms with van der Waals surface area (Å²) in [4.78, 5) is 4.06. The molecule has 122 valence electrons. The molecule has 2 aromatic rings. The van der Waals surface area contributed by atoms with E-state index >= 15 is 0 Å². The van der Waals surface area contributed by atoms with Crippen molar-refractivity contribution in [3.63, 3.8) is 0 Å². The quantitative estimate of drug-likeness (QED) is 0.928. The van der Waals surface area contributed by atoms with E-state index in [9.17, 15) is 9.50 Å². The van der Waals surface area contributed by atoms with Crippen LogP contribution in [0.1, 0.15) is 38.7 Å². The third-order valence-corrected chi connectivity index (χ3v) is 5.10. The van der Waals surface area contributed by atoms with Crippen molar-refractivity contribution in [2.75, 3.05) is 0 Å². The summed E-state index contributed by atoms with van der Waals surface area (Å²) in [7, 11) is 0. The number of rotatable bonds is 3. The molecule has 3 nitrogen and oxygen atoms in total. The van der Waals surface area contributed by atoms with Gasteiger partial charge >= 0.3 is 0 Å². The number of aliphatic hydroxyl groups is 1. The highest BCUT2D eigenvalue weighted by Crippen LogP contribution is 2.48. The summed E-state index contributed by atoms with van der Waals surface area (Å²) in [6.45, 7) is 4.59. The Labute approximate surface area is 136 Å². The van der Waals surface area contributed by atoms with Gasteiger partial charge in [0.25, 0.3) is 0 Å². The van der Waals surface area contributed by atoms with E-state index in [1.54, 1.807) is 24.7 Å². The molecular formula is C19H23FN2O. The van der Waals surface area contributed by atoms with Gasteiger partial charge in [0.05, 0.1) is 12.9 Å². The molecule has 1 aromatic heterocycles. The summed E-state index contributed by atoms with van der Waals surface area (Å²) in [6, 6.07) is 6.70. The lowest BCUT2D eigenvalue weighted by molar-refractivity contribution is -0.0670. The van der Waals surface area contributed by atoms with Crippen LogP contribution in [0.2, 0.25) is 0 Å². The van der Waals surface area contributed by atoms with Gasteiger partial charge in [-0.3, -0.25) is 0 Å². The Morgan fingerprint density at radius 2 is 2.13 bits per heavy atom. The second kappa shape index (κ2) is 5.93. The second-order valence-electron chi connectivity index (χ2n) is 7.02. The average Bonchev–Trinajstić information content (AvgIpc) is 2.99. The first-order valence-corrected chi connectivity index (χ1v) is 8.06. The van der Waals surface area contributed by atoms with Crippen molar-refractivity contribution >= 4 is 6.08 Å². The lowest BCUT2D eigenvalue weighted by Crippen LogP contribution is -2.51. The van der Waals surface area contributed by atoms with Gasteiger partial charge in [-0.05, 0) is 42.4 Å². The Morgan fingerprint density at radius 3 is 2.83 bits per heavy atom.